The van der Waals surface area contributed by atoms with Crippen LogP contribution < -0.4 is 5.32 Å². The van der Waals surface area contributed by atoms with E-state index in [0.717, 1.165) is 30.2 Å². The van der Waals surface area contributed by atoms with E-state index >= 15 is 0 Å². The Kier molecular flexibility index (Phi) is 4.30. The first-order chi connectivity index (χ1) is 9.60. The lowest BCUT2D eigenvalue weighted by atomic mass is 10.1. The lowest BCUT2D eigenvalue weighted by Crippen LogP contribution is -2.03. The van der Waals surface area contributed by atoms with Crippen molar-refractivity contribution in [3.8, 4) is 0 Å². The van der Waals surface area contributed by atoms with E-state index in [2.05, 4.69) is 12.2 Å². The Morgan fingerprint density at radius 1 is 1.15 bits per heavy atom. The van der Waals surface area contributed by atoms with Crippen LogP contribution in [0.25, 0.3) is 0 Å². The molecular formula is C15H15FN2O2. The summed E-state index contributed by atoms with van der Waals surface area (Å²) < 4.78 is 13.2. The number of nitro groups is 1. The predicted octanol–water partition coefficient (Wildman–Crippen LogP) is 3.91. The first kappa shape index (κ1) is 14.0. The van der Waals surface area contributed by atoms with Gasteiger partial charge in [0.05, 0.1) is 4.92 Å². The Morgan fingerprint density at radius 3 is 2.40 bits per heavy atom. The minimum absolute atomic E-state index is 0.128. The van der Waals surface area contributed by atoms with Crippen LogP contribution in [-0.4, -0.2) is 4.92 Å². The third-order valence-electron chi connectivity index (χ3n) is 3.07. The van der Waals surface area contributed by atoms with Crippen molar-refractivity contribution < 1.29 is 9.31 Å². The molecule has 0 saturated heterocycles. The second kappa shape index (κ2) is 6.14. The molecule has 0 heterocycles. The summed E-state index contributed by atoms with van der Waals surface area (Å²) in [6.45, 7) is 2.48. The fourth-order valence-corrected chi connectivity index (χ4v) is 1.90. The molecule has 5 heteroatoms. The van der Waals surface area contributed by atoms with E-state index < -0.39 is 10.7 Å². The van der Waals surface area contributed by atoms with Crippen molar-refractivity contribution >= 4 is 11.4 Å². The fraction of sp³-hybridized carbons (Fsp3) is 0.200. The molecule has 2 rings (SSSR count). The van der Waals surface area contributed by atoms with E-state index in [-0.39, 0.29) is 11.4 Å². The smallest absolute Gasteiger partial charge is 0.292 e. The highest BCUT2D eigenvalue weighted by molar-refractivity contribution is 5.61. The maximum absolute atomic E-state index is 13.2. The summed E-state index contributed by atoms with van der Waals surface area (Å²) in [6.07, 6.45) is 0.961. The van der Waals surface area contributed by atoms with Gasteiger partial charge in [0, 0.05) is 18.7 Å². The van der Waals surface area contributed by atoms with Crippen molar-refractivity contribution in [2.24, 2.45) is 0 Å². The van der Waals surface area contributed by atoms with E-state index in [0.29, 0.717) is 6.54 Å². The molecule has 0 radical (unpaired) electrons. The summed E-state index contributed by atoms with van der Waals surface area (Å²) in [5.41, 5.74) is 2.28. The molecule has 0 unspecified atom stereocenters. The molecule has 1 N–H and O–H groups in total. The zero-order chi connectivity index (χ0) is 14.5. The second-order valence-corrected chi connectivity index (χ2v) is 4.44. The van der Waals surface area contributed by atoms with Crippen LogP contribution in [-0.2, 0) is 13.0 Å². The van der Waals surface area contributed by atoms with Crippen molar-refractivity contribution in [2.45, 2.75) is 19.9 Å². The highest BCUT2D eigenvalue weighted by Crippen LogP contribution is 2.25. The molecule has 0 bridgehead atoms. The number of hydrogen-bond donors (Lipinski definition) is 1. The summed E-state index contributed by atoms with van der Waals surface area (Å²) >= 11 is 0. The molecule has 20 heavy (non-hydrogen) atoms. The van der Waals surface area contributed by atoms with Gasteiger partial charge in [-0.05, 0) is 23.6 Å². The van der Waals surface area contributed by atoms with Gasteiger partial charge in [-0.15, -0.1) is 0 Å². The number of anilines is 1. The third kappa shape index (κ3) is 3.32. The van der Waals surface area contributed by atoms with Crippen LogP contribution >= 0.6 is 0 Å². The van der Waals surface area contributed by atoms with Gasteiger partial charge in [0.1, 0.15) is 11.5 Å². The van der Waals surface area contributed by atoms with Crippen molar-refractivity contribution in [2.75, 3.05) is 5.32 Å². The van der Waals surface area contributed by atoms with Crippen LogP contribution in [0.1, 0.15) is 18.1 Å². The molecule has 0 amide bonds. The lowest BCUT2D eigenvalue weighted by Gasteiger charge is -2.08. The quantitative estimate of drug-likeness (QED) is 0.664. The number of halogens is 1. The number of benzene rings is 2. The zero-order valence-corrected chi connectivity index (χ0v) is 11.1. The average Bonchev–Trinajstić information content (AvgIpc) is 2.45. The predicted molar refractivity (Wildman–Crippen MR) is 76.2 cm³/mol. The van der Waals surface area contributed by atoms with E-state index in [4.69, 9.17) is 0 Å². The number of rotatable bonds is 5. The van der Waals surface area contributed by atoms with Gasteiger partial charge in [0.15, 0.2) is 0 Å². The van der Waals surface area contributed by atoms with Crippen LogP contribution in [0.15, 0.2) is 42.5 Å². The summed E-state index contributed by atoms with van der Waals surface area (Å²) in [5.74, 6) is -0.501. The SMILES string of the molecule is CCc1ccc(CNc2cc(F)ccc2[N+](=O)[O-])cc1. The van der Waals surface area contributed by atoms with E-state index in [1.54, 1.807) is 0 Å². The summed E-state index contributed by atoms with van der Waals surface area (Å²) in [4.78, 5) is 10.3. The molecular weight excluding hydrogens is 259 g/mol. The standard InChI is InChI=1S/C15H15FN2O2/c1-2-11-3-5-12(6-4-11)10-17-14-9-13(16)7-8-15(14)18(19)20/h3-9,17H,2,10H2,1H3. The monoisotopic (exact) mass is 274 g/mol. The normalized spacial score (nSPS) is 10.3. The first-order valence-corrected chi connectivity index (χ1v) is 6.35. The minimum atomic E-state index is -0.526. The number of hydrogen-bond acceptors (Lipinski definition) is 3. The molecule has 2 aromatic rings. The molecule has 0 atom stereocenters. The maximum atomic E-state index is 13.2. The highest BCUT2D eigenvalue weighted by atomic mass is 19.1. The van der Waals surface area contributed by atoms with E-state index in [1.165, 1.54) is 5.56 Å². The van der Waals surface area contributed by atoms with Crippen molar-refractivity contribution in [1.29, 1.82) is 0 Å². The van der Waals surface area contributed by atoms with Crippen LogP contribution in [0.5, 0.6) is 0 Å². The molecule has 0 aliphatic rings. The van der Waals surface area contributed by atoms with Crippen LogP contribution in [0.2, 0.25) is 0 Å². The van der Waals surface area contributed by atoms with Crippen molar-refractivity contribution in [3.05, 3.63) is 69.5 Å². The number of nitrogens with one attached hydrogen (secondary N) is 1. The molecule has 0 aromatic heterocycles. The van der Waals surface area contributed by atoms with E-state index in [9.17, 15) is 14.5 Å². The van der Waals surface area contributed by atoms with Gasteiger partial charge >= 0.3 is 0 Å². The summed E-state index contributed by atoms with van der Waals surface area (Å²) in [7, 11) is 0. The van der Waals surface area contributed by atoms with Crippen LogP contribution in [0, 0.1) is 15.9 Å². The lowest BCUT2D eigenvalue weighted by molar-refractivity contribution is -0.384. The molecule has 0 fully saturated rings. The topological polar surface area (TPSA) is 55.2 Å². The van der Waals surface area contributed by atoms with Gasteiger partial charge in [-0.25, -0.2) is 4.39 Å². The Labute approximate surface area is 116 Å². The molecule has 0 saturated carbocycles. The Hall–Kier alpha value is -2.43. The first-order valence-electron chi connectivity index (χ1n) is 6.35. The Bertz CT molecular complexity index is 612. The number of aryl methyl sites for hydroxylation is 1. The van der Waals surface area contributed by atoms with Gasteiger partial charge in [0.2, 0.25) is 0 Å². The molecule has 0 aliphatic heterocycles. The van der Waals surface area contributed by atoms with Gasteiger partial charge in [-0.3, -0.25) is 10.1 Å². The highest BCUT2D eigenvalue weighted by Gasteiger charge is 2.13. The number of nitro benzene ring substituents is 1. The molecule has 2 aromatic carbocycles. The van der Waals surface area contributed by atoms with Gasteiger partial charge in [-0.2, -0.15) is 0 Å². The van der Waals surface area contributed by atoms with Crippen molar-refractivity contribution in [1.82, 2.24) is 0 Å². The van der Waals surface area contributed by atoms with E-state index in [1.807, 2.05) is 24.3 Å². The molecule has 4 nitrogen and oxygen atoms in total. The zero-order valence-electron chi connectivity index (χ0n) is 11.1. The molecule has 0 spiro atoms. The second-order valence-electron chi connectivity index (χ2n) is 4.44. The van der Waals surface area contributed by atoms with Gasteiger partial charge in [0.25, 0.3) is 5.69 Å². The molecule has 104 valence electrons. The van der Waals surface area contributed by atoms with Gasteiger partial charge in [-0.1, -0.05) is 31.2 Å². The van der Waals surface area contributed by atoms with Crippen LogP contribution in [0.4, 0.5) is 15.8 Å². The average molecular weight is 274 g/mol. The Morgan fingerprint density at radius 2 is 1.80 bits per heavy atom. The third-order valence-corrected chi connectivity index (χ3v) is 3.07. The summed E-state index contributed by atoms with van der Waals surface area (Å²) in [6, 6.07) is 11.3. The molecule has 0 aliphatic carbocycles. The Balaban J connectivity index is 2.13. The number of nitrogens with zero attached hydrogens (tertiary/aromatic N) is 1. The minimum Gasteiger partial charge on any atom is -0.375 e. The largest absolute Gasteiger partial charge is 0.375 e. The van der Waals surface area contributed by atoms with Crippen molar-refractivity contribution in [3.63, 3.8) is 0 Å². The maximum Gasteiger partial charge on any atom is 0.292 e. The van der Waals surface area contributed by atoms with Gasteiger partial charge < -0.3 is 5.32 Å². The fourth-order valence-electron chi connectivity index (χ4n) is 1.90. The summed E-state index contributed by atoms with van der Waals surface area (Å²) in [5, 5.41) is 13.8. The van der Waals surface area contributed by atoms with Crippen LogP contribution in [0.3, 0.4) is 0 Å².